The van der Waals surface area contributed by atoms with Gasteiger partial charge in [0.15, 0.2) is 0 Å². The van der Waals surface area contributed by atoms with Crippen molar-refractivity contribution in [3.63, 3.8) is 0 Å². The molecule has 0 spiro atoms. The lowest BCUT2D eigenvalue weighted by molar-refractivity contribution is -0.280. The zero-order valence-electron chi connectivity index (χ0n) is 11.2. The van der Waals surface area contributed by atoms with Crippen molar-refractivity contribution in [1.29, 1.82) is 0 Å². The van der Waals surface area contributed by atoms with Crippen molar-refractivity contribution < 1.29 is 24.5 Å². The SMILES string of the molecule is O=C(OCCCN1CCOCC1)c1ccc([O-])cc1[O-]. The van der Waals surface area contributed by atoms with Gasteiger partial charge in [-0.1, -0.05) is 17.9 Å². The van der Waals surface area contributed by atoms with Gasteiger partial charge in [0.2, 0.25) is 0 Å². The van der Waals surface area contributed by atoms with E-state index in [4.69, 9.17) is 9.47 Å². The van der Waals surface area contributed by atoms with Crippen molar-refractivity contribution in [2.45, 2.75) is 6.42 Å². The Labute approximate surface area is 117 Å². The Bertz CT molecular complexity index is 457. The van der Waals surface area contributed by atoms with Crippen molar-refractivity contribution in [3.8, 4) is 11.5 Å². The summed E-state index contributed by atoms with van der Waals surface area (Å²) in [6.45, 7) is 4.35. The number of nitrogens with zero attached hydrogens (tertiary/aromatic N) is 1. The number of hydrogen-bond acceptors (Lipinski definition) is 6. The van der Waals surface area contributed by atoms with Crippen molar-refractivity contribution >= 4 is 5.97 Å². The highest BCUT2D eigenvalue weighted by Gasteiger charge is 2.11. The van der Waals surface area contributed by atoms with E-state index in [0.717, 1.165) is 38.9 Å². The number of carbonyl (C=O) groups excluding carboxylic acids is 1. The molecule has 0 N–H and O–H groups in total. The Morgan fingerprint density at radius 2 is 2.05 bits per heavy atom. The highest BCUT2D eigenvalue weighted by atomic mass is 16.5. The minimum Gasteiger partial charge on any atom is -0.872 e. The van der Waals surface area contributed by atoms with Crippen LogP contribution in [0.25, 0.3) is 0 Å². The molecule has 1 aromatic carbocycles. The van der Waals surface area contributed by atoms with Gasteiger partial charge in [0.25, 0.3) is 0 Å². The molecule has 20 heavy (non-hydrogen) atoms. The Kier molecular flexibility index (Phi) is 5.20. The molecule has 0 radical (unpaired) electrons. The van der Waals surface area contributed by atoms with Gasteiger partial charge in [-0.3, -0.25) is 4.90 Å². The second-order valence-corrected chi connectivity index (χ2v) is 4.60. The van der Waals surface area contributed by atoms with Gasteiger partial charge in [0.05, 0.1) is 25.4 Å². The van der Waals surface area contributed by atoms with Crippen LogP contribution in [0, 0.1) is 0 Å². The molecule has 0 unspecified atom stereocenters. The van der Waals surface area contributed by atoms with Crippen LogP contribution < -0.4 is 10.2 Å². The topological polar surface area (TPSA) is 84.9 Å². The van der Waals surface area contributed by atoms with Gasteiger partial charge >= 0.3 is 5.97 Å². The molecule has 1 aliphatic heterocycles. The van der Waals surface area contributed by atoms with E-state index in [0.29, 0.717) is 6.42 Å². The van der Waals surface area contributed by atoms with E-state index in [1.807, 2.05) is 0 Å². The third kappa shape index (κ3) is 4.11. The third-order valence-corrected chi connectivity index (χ3v) is 3.13. The van der Waals surface area contributed by atoms with Crippen LogP contribution in [0.1, 0.15) is 16.8 Å². The summed E-state index contributed by atoms with van der Waals surface area (Å²) in [6, 6.07) is 3.30. The minimum absolute atomic E-state index is 0.0871. The van der Waals surface area contributed by atoms with Gasteiger partial charge in [-0.25, -0.2) is 4.79 Å². The summed E-state index contributed by atoms with van der Waals surface area (Å²) in [5.74, 6) is -1.66. The quantitative estimate of drug-likeness (QED) is 0.544. The summed E-state index contributed by atoms with van der Waals surface area (Å²) >= 11 is 0. The third-order valence-electron chi connectivity index (χ3n) is 3.13. The van der Waals surface area contributed by atoms with Gasteiger partial charge in [-0.05, 0) is 12.5 Å². The van der Waals surface area contributed by atoms with Crippen molar-refractivity contribution in [2.24, 2.45) is 0 Å². The van der Waals surface area contributed by atoms with E-state index in [1.165, 1.54) is 12.1 Å². The zero-order chi connectivity index (χ0) is 14.4. The molecular weight excluding hydrogens is 262 g/mol. The average molecular weight is 279 g/mol. The van der Waals surface area contributed by atoms with Crippen molar-refractivity contribution in [3.05, 3.63) is 23.8 Å². The molecule has 1 aliphatic rings. The molecule has 0 amide bonds. The van der Waals surface area contributed by atoms with Gasteiger partial charge in [-0.15, -0.1) is 5.75 Å². The summed E-state index contributed by atoms with van der Waals surface area (Å²) in [7, 11) is 0. The molecular formula is C14H17NO5-2. The van der Waals surface area contributed by atoms with Crippen LogP contribution in [0.2, 0.25) is 0 Å². The second-order valence-electron chi connectivity index (χ2n) is 4.60. The summed E-state index contributed by atoms with van der Waals surface area (Å²) in [4.78, 5) is 13.9. The van der Waals surface area contributed by atoms with Crippen LogP contribution in [-0.4, -0.2) is 50.3 Å². The summed E-state index contributed by atoms with van der Waals surface area (Å²) < 4.78 is 10.3. The Morgan fingerprint density at radius 1 is 1.30 bits per heavy atom. The first-order chi connectivity index (χ1) is 9.66. The molecule has 110 valence electrons. The van der Waals surface area contributed by atoms with E-state index in [-0.39, 0.29) is 12.2 Å². The van der Waals surface area contributed by atoms with E-state index in [2.05, 4.69) is 4.90 Å². The lowest BCUT2D eigenvalue weighted by Gasteiger charge is -2.26. The van der Waals surface area contributed by atoms with Crippen LogP contribution in [0.3, 0.4) is 0 Å². The minimum atomic E-state index is -0.669. The van der Waals surface area contributed by atoms with E-state index in [9.17, 15) is 15.0 Å². The Morgan fingerprint density at radius 3 is 2.75 bits per heavy atom. The van der Waals surface area contributed by atoms with E-state index >= 15 is 0 Å². The predicted molar refractivity (Wildman–Crippen MR) is 67.5 cm³/mol. The van der Waals surface area contributed by atoms with E-state index in [1.54, 1.807) is 0 Å². The highest BCUT2D eigenvalue weighted by molar-refractivity contribution is 5.92. The normalized spacial score (nSPS) is 16.0. The average Bonchev–Trinajstić information content (AvgIpc) is 2.44. The number of hydrogen-bond donors (Lipinski definition) is 0. The fourth-order valence-corrected chi connectivity index (χ4v) is 2.03. The predicted octanol–water partition coefficient (Wildman–Crippen LogP) is -0.287. The standard InChI is InChI=1S/C14H19NO5/c16-11-2-3-12(13(17)10-11)14(18)20-7-1-4-15-5-8-19-9-6-15/h2-3,10,16-17H,1,4-9H2/p-2. The Balaban J connectivity index is 1.72. The van der Waals surface area contributed by atoms with Crippen molar-refractivity contribution in [2.75, 3.05) is 39.5 Å². The fourth-order valence-electron chi connectivity index (χ4n) is 2.03. The van der Waals surface area contributed by atoms with Gasteiger partial charge < -0.3 is 19.7 Å². The lowest BCUT2D eigenvalue weighted by Crippen LogP contribution is -2.37. The maximum Gasteiger partial charge on any atom is 0.337 e. The molecule has 0 aromatic heterocycles. The molecule has 6 nitrogen and oxygen atoms in total. The first-order valence-electron chi connectivity index (χ1n) is 6.62. The monoisotopic (exact) mass is 279 g/mol. The number of esters is 1. The molecule has 6 heteroatoms. The first kappa shape index (κ1) is 14.6. The van der Waals surface area contributed by atoms with Gasteiger partial charge in [0.1, 0.15) is 0 Å². The van der Waals surface area contributed by atoms with E-state index < -0.39 is 17.5 Å². The molecule has 1 heterocycles. The molecule has 0 saturated carbocycles. The van der Waals surface area contributed by atoms with Crippen LogP contribution >= 0.6 is 0 Å². The van der Waals surface area contributed by atoms with Crippen LogP contribution in [-0.2, 0) is 9.47 Å². The first-order valence-corrected chi connectivity index (χ1v) is 6.62. The smallest absolute Gasteiger partial charge is 0.337 e. The molecule has 1 fully saturated rings. The van der Waals surface area contributed by atoms with Crippen LogP contribution in [0.4, 0.5) is 0 Å². The summed E-state index contributed by atoms with van der Waals surface area (Å²) in [5.41, 5.74) is -0.0871. The number of benzene rings is 1. The fraction of sp³-hybridized carbons (Fsp3) is 0.500. The Hall–Kier alpha value is -1.79. The second kappa shape index (κ2) is 7.12. The molecule has 0 atom stereocenters. The van der Waals surface area contributed by atoms with Crippen LogP contribution in [0.5, 0.6) is 11.5 Å². The van der Waals surface area contributed by atoms with Crippen LogP contribution in [0.15, 0.2) is 18.2 Å². The number of morpholine rings is 1. The summed E-state index contributed by atoms with van der Waals surface area (Å²) in [6.07, 6.45) is 0.708. The van der Waals surface area contributed by atoms with Gasteiger partial charge in [0, 0.05) is 19.6 Å². The largest absolute Gasteiger partial charge is 0.872 e. The zero-order valence-corrected chi connectivity index (χ0v) is 11.2. The molecule has 2 rings (SSSR count). The highest BCUT2D eigenvalue weighted by Crippen LogP contribution is 2.19. The number of carbonyl (C=O) groups is 1. The summed E-state index contributed by atoms with van der Waals surface area (Å²) in [5, 5.41) is 22.4. The molecule has 1 aromatic rings. The number of rotatable bonds is 5. The molecule has 1 saturated heterocycles. The molecule has 0 aliphatic carbocycles. The maximum atomic E-state index is 11.7. The maximum absolute atomic E-state index is 11.7. The van der Waals surface area contributed by atoms with Crippen molar-refractivity contribution in [1.82, 2.24) is 4.90 Å². The molecule has 0 bridgehead atoms. The number of ether oxygens (including phenoxy) is 2. The van der Waals surface area contributed by atoms with Gasteiger partial charge in [-0.2, -0.15) is 0 Å². The lowest BCUT2D eigenvalue weighted by atomic mass is 10.2.